The van der Waals surface area contributed by atoms with Crippen LogP contribution in [0.15, 0.2) is 36.9 Å². The molecule has 170 valence electrons. The predicted octanol–water partition coefficient (Wildman–Crippen LogP) is 4.01. The van der Waals surface area contributed by atoms with Gasteiger partial charge in [0.2, 0.25) is 5.91 Å². The number of hydrogen-bond acceptors (Lipinski definition) is 7. The summed E-state index contributed by atoms with van der Waals surface area (Å²) in [5.74, 6) is 1.92. The molecule has 0 aliphatic carbocycles. The Balaban J connectivity index is 1.44. The van der Waals surface area contributed by atoms with Crippen molar-refractivity contribution in [3.63, 3.8) is 0 Å². The SMILES string of the molecule is CC(=O)N1CCC(CNc2nc3c(Cl)cccc3cc2[C@H](C)Nc2ncnc3[nH]cnc23)C1. The molecule has 0 spiro atoms. The van der Waals surface area contributed by atoms with E-state index >= 15 is 0 Å². The number of hydrogen-bond donors (Lipinski definition) is 3. The van der Waals surface area contributed by atoms with E-state index in [4.69, 9.17) is 16.6 Å². The van der Waals surface area contributed by atoms with E-state index < -0.39 is 0 Å². The summed E-state index contributed by atoms with van der Waals surface area (Å²) in [7, 11) is 0. The van der Waals surface area contributed by atoms with Crippen LogP contribution in [0.5, 0.6) is 0 Å². The molecule has 0 saturated carbocycles. The molecule has 2 atom stereocenters. The Morgan fingerprint density at radius 3 is 2.97 bits per heavy atom. The van der Waals surface area contributed by atoms with Crippen LogP contribution < -0.4 is 10.6 Å². The summed E-state index contributed by atoms with van der Waals surface area (Å²) >= 11 is 6.45. The van der Waals surface area contributed by atoms with Crippen molar-refractivity contribution in [2.24, 2.45) is 5.92 Å². The van der Waals surface area contributed by atoms with Crippen LogP contribution in [-0.4, -0.2) is 55.4 Å². The van der Waals surface area contributed by atoms with E-state index in [1.165, 1.54) is 6.33 Å². The lowest BCUT2D eigenvalue weighted by molar-refractivity contribution is -0.127. The average Bonchev–Trinajstić information content (AvgIpc) is 3.48. The number of halogens is 1. The lowest BCUT2D eigenvalue weighted by atomic mass is 10.0. The van der Waals surface area contributed by atoms with Crippen LogP contribution in [0.4, 0.5) is 11.6 Å². The molecule has 4 aromatic rings. The first kappa shape index (κ1) is 21.4. The van der Waals surface area contributed by atoms with Crippen LogP contribution in [0.1, 0.15) is 31.9 Å². The maximum Gasteiger partial charge on any atom is 0.219 e. The van der Waals surface area contributed by atoms with Crippen LogP contribution in [-0.2, 0) is 4.79 Å². The van der Waals surface area contributed by atoms with Crippen LogP contribution in [0.25, 0.3) is 22.1 Å². The van der Waals surface area contributed by atoms with Crippen molar-refractivity contribution in [3.05, 3.63) is 47.5 Å². The van der Waals surface area contributed by atoms with Crippen molar-refractivity contribution in [2.45, 2.75) is 26.3 Å². The number of nitrogens with one attached hydrogen (secondary N) is 3. The summed E-state index contributed by atoms with van der Waals surface area (Å²) in [6.45, 7) is 5.97. The minimum atomic E-state index is -0.115. The smallest absolute Gasteiger partial charge is 0.219 e. The predicted molar refractivity (Wildman–Crippen MR) is 129 cm³/mol. The molecule has 10 heteroatoms. The summed E-state index contributed by atoms with van der Waals surface area (Å²) in [6, 6.07) is 7.77. The maximum atomic E-state index is 11.7. The minimum Gasteiger partial charge on any atom is -0.369 e. The van der Waals surface area contributed by atoms with E-state index in [-0.39, 0.29) is 11.9 Å². The van der Waals surface area contributed by atoms with Crippen molar-refractivity contribution in [1.29, 1.82) is 0 Å². The molecule has 1 saturated heterocycles. The van der Waals surface area contributed by atoms with E-state index in [9.17, 15) is 4.79 Å². The van der Waals surface area contributed by atoms with Crippen LogP contribution >= 0.6 is 11.6 Å². The molecule has 1 aliphatic heterocycles. The van der Waals surface area contributed by atoms with E-state index in [1.54, 1.807) is 13.3 Å². The third-order valence-electron chi connectivity index (χ3n) is 6.15. The highest BCUT2D eigenvalue weighted by molar-refractivity contribution is 6.35. The van der Waals surface area contributed by atoms with Gasteiger partial charge < -0.3 is 20.5 Å². The van der Waals surface area contributed by atoms with Gasteiger partial charge in [0.1, 0.15) is 17.7 Å². The van der Waals surface area contributed by atoms with Crippen LogP contribution in [0.2, 0.25) is 5.02 Å². The summed E-state index contributed by atoms with van der Waals surface area (Å²) < 4.78 is 0. The molecule has 1 aromatic carbocycles. The first-order chi connectivity index (χ1) is 16.0. The number of H-pyrrole nitrogens is 1. The molecule has 1 fully saturated rings. The maximum absolute atomic E-state index is 11.7. The van der Waals surface area contributed by atoms with Gasteiger partial charge in [0, 0.05) is 37.5 Å². The highest BCUT2D eigenvalue weighted by Gasteiger charge is 2.25. The fourth-order valence-corrected chi connectivity index (χ4v) is 4.55. The largest absolute Gasteiger partial charge is 0.369 e. The third kappa shape index (κ3) is 4.28. The van der Waals surface area contributed by atoms with Gasteiger partial charge in [-0.15, -0.1) is 0 Å². The second-order valence-corrected chi connectivity index (χ2v) is 8.83. The van der Waals surface area contributed by atoms with Gasteiger partial charge in [0.25, 0.3) is 0 Å². The highest BCUT2D eigenvalue weighted by atomic mass is 35.5. The Labute approximate surface area is 196 Å². The number of carbonyl (C=O) groups excluding carboxylic acids is 1. The van der Waals surface area contributed by atoms with Gasteiger partial charge in [-0.1, -0.05) is 23.7 Å². The first-order valence-corrected chi connectivity index (χ1v) is 11.4. The van der Waals surface area contributed by atoms with Crippen molar-refractivity contribution in [1.82, 2.24) is 29.8 Å². The average molecular weight is 465 g/mol. The summed E-state index contributed by atoms with van der Waals surface area (Å²) in [5.41, 5.74) is 3.11. The van der Waals surface area contributed by atoms with Gasteiger partial charge in [-0.25, -0.2) is 19.9 Å². The van der Waals surface area contributed by atoms with Crippen molar-refractivity contribution in [2.75, 3.05) is 30.3 Å². The Morgan fingerprint density at radius 2 is 2.15 bits per heavy atom. The highest BCUT2D eigenvalue weighted by Crippen LogP contribution is 2.32. The number of pyridine rings is 1. The lowest BCUT2D eigenvalue weighted by Crippen LogP contribution is -2.27. The third-order valence-corrected chi connectivity index (χ3v) is 6.46. The number of amides is 1. The lowest BCUT2D eigenvalue weighted by Gasteiger charge is -2.21. The Kier molecular flexibility index (Phi) is 5.72. The number of likely N-dealkylation sites (tertiary alicyclic amines) is 1. The summed E-state index contributed by atoms with van der Waals surface area (Å²) in [6.07, 6.45) is 4.09. The molecular formula is C23H25ClN8O. The van der Waals surface area contributed by atoms with Gasteiger partial charge >= 0.3 is 0 Å². The molecular weight excluding hydrogens is 440 g/mol. The standard InChI is InChI=1S/C23H25ClN8O/c1-13(30-23-20-22(27-11-26-20)28-12-29-23)17-8-16-4-3-5-18(24)19(16)31-21(17)25-9-15-6-7-32(10-15)14(2)33/h3-5,8,11-13,15H,6-7,9-10H2,1-2H3,(H,25,31)(H2,26,27,28,29,30)/t13-,15?/m0/s1. The zero-order valence-electron chi connectivity index (χ0n) is 18.5. The number of fused-ring (bicyclic) bond motifs is 2. The first-order valence-electron chi connectivity index (χ1n) is 11.0. The normalized spacial score (nSPS) is 16.9. The van der Waals surface area contributed by atoms with E-state index in [1.807, 2.05) is 23.1 Å². The number of aromatic nitrogens is 5. The molecule has 4 heterocycles. The molecule has 0 bridgehead atoms. The van der Waals surface area contributed by atoms with Crippen molar-refractivity contribution < 1.29 is 4.79 Å². The molecule has 3 N–H and O–H groups in total. The minimum absolute atomic E-state index is 0.115. The van der Waals surface area contributed by atoms with Gasteiger partial charge in [0.05, 0.1) is 22.9 Å². The Morgan fingerprint density at radius 1 is 1.27 bits per heavy atom. The fraction of sp³-hybridized carbons (Fsp3) is 0.348. The number of anilines is 2. The molecule has 33 heavy (non-hydrogen) atoms. The monoisotopic (exact) mass is 464 g/mol. The fourth-order valence-electron chi connectivity index (χ4n) is 4.33. The molecule has 5 rings (SSSR count). The van der Waals surface area contributed by atoms with Crippen LogP contribution in [0, 0.1) is 5.92 Å². The number of nitrogens with zero attached hydrogens (tertiary/aromatic N) is 5. The summed E-state index contributed by atoms with van der Waals surface area (Å²) in [4.78, 5) is 34.4. The second-order valence-electron chi connectivity index (χ2n) is 8.43. The number of aromatic amines is 1. The van der Waals surface area contributed by atoms with Crippen molar-refractivity contribution >= 4 is 51.2 Å². The number of rotatable bonds is 6. The van der Waals surface area contributed by atoms with Crippen molar-refractivity contribution in [3.8, 4) is 0 Å². The summed E-state index contributed by atoms with van der Waals surface area (Å²) in [5, 5.41) is 8.57. The van der Waals surface area contributed by atoms with E-state index in [2.05, 4.69) is 43.6 Å². The second kappa shape index (κ2) is 8.82. The zero-order chi connectivity index (χ0) is 22.9. The Hall–Kier alpha value is -3.46. The number of para-hydroxylation sites is 1. The van der Waals surface area contributed by atoms with Gasteiger partial charge in [0.15, 0.2) is 11.5 Å². The topological polar surface area (TPSA) is 112 Å². The van der Waals surface area contributed by atoms with E-state index in [0.29, 0.717) is 27.9 Å². The van der Waals surface area contributed by atoms with Gasteiger partial charge in [-0.2, -0.15) is 0 Å². The molecule has 3 aromatic heterocycles. The molecule has 1 unspecified atom stereocenters. The number of imidazole rings is 1. The molecule has 9 nitrogen and oxygen atoms in total. The van der Waals surface area contributed by atoms with Crippen LogP contribution in [0.3, 0.4) is 0 Å². The Bertz CT molecular complexity index is 1320. The number of benzene rings is 1. The molecule has 1 aliphatic rings. The van der Waals surface area contributed by atoms with Gasteiger partial charge in [-0.05, 0) is 31.4 Å². The number of carbonyl (C=O) groups is 1. The van der Waals surface area contributed by atoms with Gasteiger partial charge in [-0.3, -0.25) is 4.79 Å². The molecule has 1 amide bonds. The zero-order valence-corrected chi connectivity index (χ0v) is 19.2. The quantitative estimate of drug-likeness (QED) is 0.395. The van der Waals surface area contributed by atoms with E-state index in [0.717, 1.165) is 48.3 Å². The molecule has 0 radical (unpaired) electrons.